The first-order chi connectivity index (χ1) is 8.27. The molecule has 1 atom stereocenters. The highest BCUT2D eigenvalue weighted by Gasteiger charge is 2.28. The Labute approximate surface area is 99.1 Å². The fraction of sp³-hybridized carbons (Fsp3) is 0.636. The summed E-state index contributed by atoms with van der Waals surface area (Å²) < 4.78 is 7.34. The predicted octanol–water partition coefficient (Wildman–Crippen LogP) is -0.411. The molecule has 3 heterocycles. The van der Waals surface area contributed by atoms with Gasteiger partial charge < -0.3 is 15.8 Å². The maximum absolute atomic E-state index is 11.4. The van der Waals surface area contributed by atoms with Crippen molar-refractivity contribution in [3.63, 3.8) is 0 Å². The molecular weight excluding hydrogens is 220 g/mol. The Balaban J connectivity index is 2.05. The first-order valence-corrected chi connectivity index (χ1v) is 5.96. The Morgan fingerprint density at radius 2 is 2.47 bits per heavy atom. The average Bonchev–Trinajstić information content (AvgIpc) is 2.95. The van der Waals surface area contributed by atoms with Gasteiger partial charge in [-0.25, -0.2) is 0 Å². The van der Waals surface area contributed by atoms with Crippen LogP contribution in [-0.4, -0.2) is 35.4 Å². The molecule has 1 amide bonds. The summed E-state index contributed by atoms with van der Waals surface area (Å²) in [6.07, 6.45) is 1.85. The van der Waals surface area contributed by atoms with E-state index in [-0.39, 0.29) is 6.04 Å². The number of rotatable bonds is 2. The van der Waals surface area contributed by atoms with Crippen molar-refractivity contribution in [2.24, 2.45) is 5.73 Å². The fourth-order valence-corrected chi connectivity index (χ4v) is 2.59. The third-order valence-corrected chi connectivity index (χ3v) is 3.44. The van der Waals surface area contributed by atoms with Crippen molar-refractivity contribution < 1.29 is 9.53 Å². The Morgan fingerprint density at radius 1 is 1.59 bits per heavy atom. The molecule has 3 rings (SSSR count). The number of primary amides is 1. The molecule has 0 radical (unpaired) electrons. The van der Waals surface area contributed by atoms with E-state index < -0.39 is 5.91 Å². The van der Waals surface area contributed by atoms with Gasteiger partial charge in [0.15, 0.2) is 5.69 Å². The highest BCUT2D eigenvalue weighted by atomic mass is 16.5. The van der Waals surface area contributed by atoms with Crippen LogP contribution in [0.1, 0.15) is 34.2 Å². The summed E-state index contributed by atoms with van der Waals surface area (Å²) in [6, 6.07) is 0.259. The first kappa shape index (κ1) is 10.7. The van der Waals surface area contributed by atoms with Crippen LogP contribution in [0, 0.1) is 0 Å². The van der Waals surface area contributed by atoms with E-state index in [2.05, 4.69) is 10.4 Å². The lowest BCUT2D eigenvalue weighted by molar-refractivity contribution is 0.0993. The van der Waals surface area contributed by atoms with Crippen LogP contribution in [0.4, 0.5) is 0 Å². The number of nitrogens with zero attached hydrogens (tertiary/aromatic N) is 2. The first-order valence-electron chi connectivity index (χ1n) is 5.96. The van der Waals surface area contributed by atoms with E-state index in [4.69, 9.17) is 10.5 Å². The summed E-state index contributed by atoms with van der Waals surface area (Å²) in [7, 11) is 0. The van der Waals surface area contributed by atoms with E-state index >= 15 is 0 Å². The van der Waals surface area contributed by atoms with Crippen molar-refractivity contribution in [2.45, 2.75) is 25.4 Å². The number of aromatic nitrogens is 2. The SMILES string of the molecule is NC(=O)c1nn(C2CCOC2)c2c1CNCC2. The molecule has 1 aromatic heterocycles. The lowest BCUT2D eigenvalue weighted by Crippen LogP contribution is -2.27. The summed E-state index contributed by atoms with van der Waals surface area (Å²) >= 11 is 0. The number of nitrogens with one attached hydrogen (secondary N) is 1. The zero-order valence-corrected chi connectivity index (χ0v) is 9.61. The van der Waals surface area contributed by atoms with Crippen LogP contribution < -0.4 is 11.1 Å². The Morgan fingerprint density at radius 3 is 3.18 bits per heavy atom. The van der Waals surface area contributed by atoms with Gasteiger partial charge in [0.1, 0.15) is 0 Å². The van der Waals surface area contributed by atoms with Crippen LogP contribution in [0.15, 0.2) is 0 Å². The highest BCUT2D eigenvalue weighted by Crippen LogP contribution is 2.26. The van der Waals surface area contributed by atoms with Crippen molar-refractivity contribution >= 4 is 5.91 Å². The van der Waals surface area contributed by atoms with Crippen molar-refractivity contribution in [2.75, 3.05) is 19.8 Å². The van der Waals surface area contributed by atoms with Crippen molar-refractivity contribution in [3.8, 4) is 0 Å². The summed E-state index contributed by atoms with van der Waals surface area (Å²) in [4.78, 5) is 11.4. The van der Waals surface area contributed by atoms with E-state index in [1.54, 1.807) is 0 Å². The second-order valence-corrected chi connectivity index (χ2v) is 4.53. The van der Waals surface area contributed by atoms with E-state index in [1.807, 2.05) is 4.68 Å². The van der Waals surface area contributed by atoms with E-state index in [0.29, 0.717) is 18.8 Å². The van der Waals surface area contributed by atoms with Gasteiger partial charge in [0.25, 0.3) is 5.91 Å². The molecule has 2 aliphatic rings. The molecule has 1 fully saturated rings. The molecule has 6 heteroatoms. The number of hydrogen-bond acceptors (Lipinski definition) is 4. The molecule has 17 heavy (non-hydrogen) atoms. The van der Waals surface area contributed by atoms with Gasteiger partial charge >= 0.3 is 0 Å². The minimum Gasteiger partial charge on any atom is -0.379 e. The molecule has 0 aromatic carbocycles. The van der Waals surface area contributed by atoms with E-state index in [0.717, 1.165) is 37.3 Å². The zero-order chi connectivity index (χ0) is 11.8. The van der Waals surface area contributed by atoms with Crippen LogP contribution in [-0.2, 0) is 17.7 Å². The number of ether oxygens (including phenoxy) is 1. The topological polar surface area (TPSA) is 82.2 Å². The number of carbonyl (C=O) groups excluding carboxylic acids is 1. The maximum atomic E-state index is 11.4. The Bertz CT molecular complexity index is 449. The van der Waals surface area contributed by atoms with Crippen LogP contribution in [0.3, 0.4) is 0 Å². The van der Waals surface area contributed by atoms with Gasteiger partial charge in [-0.15, -0.1) is 0 Å². The molecule has 2 aliphatic heterocycles. The van der Waals surface area contributed by atoms with E-state index in [9.17, 15) is 4.79 Å². The van der Waals surface area contributed by atoms with Gasteiger partial charge in [0, 0.05) is 37.4 Å². The third-order valence-electron chi connectivity index (χ3n) is 3.44. The van der Waals surface area contributed by atoms with Crippen molar-refractivity contribution in [1.29, 1.82) is 0 Å². The average molecular weight is 236 g/mol. The maximum Gasteiger partial charge on any atom is 0.269 e. The molecule has 92 valence electrons. The zero-order valence-electron chi connectivity index (χ0n) is 9.61. The standard InChI is InChI=1S/C11H16N4O2/c12-11(16)10-8-5-13-3-1-9(8)15(14-10)7-2-4-17-6-7/h7,13H,1-6H2,(H2,12,16). The molecule has 3 N–H and O–H groups in total. The molecule has 0 spiro atoms. The van der Waals surface area contributed by atoms with Crippen molar-refractivity contribution in [3.05, 3.63) is 17.0 Å². The second kappa shape index (κ2) is 4.12. The van der Waals surface area contributed by atoms with E-state index in [1.165, 1.54) is 0 Å². The van der Waals surface area contributed by atoms with Gasteiger partial charge in [-0.05, 0) is 6.42 Å². The fourth-order valence-electron chi connectivity index (χ4n) is 2.59. The predicted molar refractivity (Wildman–Crippen MR) is 60.6 cm³/mol. The monoisotopic (exact) mass is 236 g/mol. The number of hydrogen-bond donors (Lipinski definition) is 2. The lowest BCUT2D eigenvalue weighted by atomic mass is 10.1. The summed E-state index contributed by atoms with van der Waals surface area (Å²) in [5.41, 5.74) is 7.91. The van der Waals surface area contributed by atoms with Crippen molar-refractivity contribution in [1.82, 2.24) is 15.1 Å². The number of nitrogens with two attached hydrogens (primary N) is 1. The number of carbonyl (C=O) groups is 1. The molecule has 1 unspecified atom stereocenters. The van der Waals surface area contributed by atoms with Gasteiger partial charge in [0.05, 0.1) is 12.6 Å². The Kier molecular flexibility index (Phi) is 2.60. The molecule has 0 bridgehead atoms. The quantitative estimate of drug-likeness (QED) is 0.731. The molecule has 0 saturated carbocycles. The minimum absolute atomic E-state index is 0.259. The molecule has 1 aromatic rings. The van der Waals surface area contributed by atoms with Crippen LogP contribution in [0.5, 0.6) is 0 Å². The second-order valence-electron chi connectivity index (χ2n) is 4.53. The minimum atomic E-state index is -0.442. The number of fused-ring (bicyclic) bond motifs is 1. The van der Waals surface area contributed by atoms with Crippen LogP contribution in [0.25, 0.3) is 0 Å². The summed E-state index contributed by atoms with van der Waals surface area (Å²) in [6.45, 7) is 3.05. The van der Waals surface area contributed by atoms with Gasteiger partial charge in [0.2, 0.25) is 0 Å². The van der Waals surface area contributed by atoms with Crippen LogP contribution >= 0.6 is 0 Å². The molecule has 1 saturated heterocycles. The van der Waals surface area contributed by atoms with Gasteiger partial charge in [-0.2, -0.15) is 5.10 Å². The highest BCUT2D eigenvalue weighted by molar-refractivity contribution is 5.92. The molecular formula is C11H16N4O2. The number of amides is 1. The van der Waals surface area contributed by atoms with Gasteiger partial charge in [-0.1, -0.05) is 0 Å². The lowest BCUT2D eigenvalue weighted by Gasteiger charge is -2.18. The molecule has 6 nitrogen and oxygen atoms in total. The van der Waals surface area contributed by atoms with Gasteiger partial charge in [-0.3, -0.25) is 9.48 Å². The smallest absolute Gasteiger partial charge is 0.269 e. The molecule has 0 aliphatic carbocycles. The van der Waals surface area contributed by atoms with Crippen LogP contribution in [0.2, 0.25) is 0 Å². The normalized spacial score (nSPS) is 23.6. The largest absolute Gasteiger partial charge is 0.379 e. The summed E-state index contributed by atoms with van der Waals surface area (Å²) in [5.74, 6) is -0.442. The Hall–Kier alpha value is -1.40. The third kappa shape index (κ3) is 1.73. The summed E-state index contributed by atoms with van der Waals surface area (Å²) in [5, 5.41) is 7.64.